The molecule has 1 amide bonds. The normalized spacial score (nSPS) is 22.4. The van der Waals surface area contributed by atoms with E-state index in [1.807, 2.05) is 13.8 Å². The van der Waals surface area contributed by atoms with Crippen molar-refractivity contribution in [1.82, 2.24) is 10.6 Å². The van der Waals surface area contributed by atoms with Crippen LogP contribution in [0.15, 0.2) is 0 Å². The van der Waals surface area contributed by atoms with Gasteiger partial charge in [-0.25, -0.2) is 0 Å². The standard InChI is InChI=1S/C11H22N2O2.ClH/c1-8(2)10(14)7-13-11(15)9-4-3-5-12-6-9;/h8-10,12,14H,3-7H2,1-2H3,(H,13,15);1H/t9-,10?;/m1./s1. The number of nitrogens with one attached hydrogen (secondary N) is 2. The molecule has 0 aromatic rings. The number of hydrogen-bond acceptors (Lipinski definition) is 3. The van der Waals surface area contributed by atoms with E-state index in [-0.39, 0.29) is 30.2 Å². The summed E-state index contributed by atoms with van der Waals surface area (Å²) in [6, 6.07) is 0. The first-order valence-corrected chi connectivity index (χ1v) is 5.77. The van der Waals surface area contributed by atoms with Crippen LogP contribution in [0.5, 0.6) is 0 Å². The van der Waals surface area contributed by atoms with Gasteiger partial charge in [0.1, 0.15) is 0 Å². The van der Waals surface area contributed by atoms with Crippen LogP contribution in [0.4, 0.5) is 0 Å². The summed E-state index contributed by atoms with van der Waals surface area (Å²) in [6.07, 6.45) is 1.58. The molecule has 16 heavy (non-hydrogen) atoms. The Bertz CT molecular complexity index is 206. The molecule has 1 saturated heterocycles. The number of piperidine rings is 1. The van der Waals surface area contributed by atoms with Gasteiger partial charge < -0.3 is 15.7 Å². The number of hydrogen-bond donors (Lipinski definition) is 3. The van der Waals surface area contributed by atoms with Crippen molar-refractivity contribution < 1.29 is 9.90 Å². The van der Waals surface area contributed by atoms with Crippen LogP contribution in [-0.2, 0) is 4.79 Å². The zero-order valence-electron chi connectivity index (χ0n) is 10.0. The number of aliphatic hydroxyl groups is 1. The van der Waals surface area contributed by atoms with Crippen LogP contribution in [0.1, 0.15) is 26.7 Å². The summed E-state index contributed by atoms with van der Waals surface area (Å²) in [5.74, 6) is 0.342. The lowest BCUT2D eigenvalue weighted by Crippen LogP contribution is -2.43. The zero-order chi connectivity index (χ0) is 11.3. The Morgan fingerprint density at radius 1 is 1.56 bits per heavy atom. The molecule has 0 aromatic heterocycles. The van der Waals surface area contributed by atoms with Crippen LogP contribution >= 0.6 is 12.4 Å². The van der Waals surface area contributed by atoms with Gasteiger partial charge in [0.15, 0.2) is 0 Å². The van der Waals surface area contributed by atoms with Gasteiger partial charge in [0.05, 0.1) is 12.0 Å². The van der Waals surface area contributed by atoms with E-state index in [4.69, 9.17) is 0 Å². The Labute approximate surface area is 104 Å². The lowest BCUT2D eigenvalue weighted by atomic mass is 9.98. The fourth-order valence-electron chi connectivity index (χ4n) is 1.66. The van der Waals surface area contributed by atoms with Gasteiger partial charge in [0.2, 0.25) is 5.91 Å². The van der Waals surface area contributed by atoms with Crippen LogP contribution in [0.3, 0.4) is 0 Å². The minimum Gasteiger partial charge on any atom is -0.391 e. The van der Waals surface area contributed by atoms with Crippen molar-refractivity contribution in [2.45, 2.75) is 32.8 Å². The summed E-state index contributed by atoms with van der Waals surface area (Å²) in [5.41, 5.74) is 0. The summed E-state index contributed by atoms with van der Waals surface area (Å²) in [4.78, 5) is 11.7. The summed E-state index contributed by atoms with van der Waals surface area (Å²) in [6.45, 7) is 6.03. The first-order chi connectivity index (χ1) is 7.11. The van der Waals surface area contributed by atoms with Gasteiger partial charge in [-0.2, -0.15) is 0 Å². The first kappa shape index (κ1) is 15.7. The Morgan fingerprint density at radius 3 is 2.75 bits per heavy atom. The van der Waals surface area contributed by atoms with E-state index in [1.54, 1.807) is 0 Å². The fourth-order valence-corrected chi connectivity index (χ4v) is 1.66. The van der Waals surface area contributed by atoms with Gasteiger partial charge in [-0.3, -0.25) is 4.79 Å². The van der Waals surface area contributed by atoms with E-state index in [1.165, 1.54) is 0 Å². The first-order valence-electron chi connectivity index (χ1n) is 5.77. The molecule has 1 aliphatic heterocycles. The van der Waals surface area contributed by atoms with E-state index in [9.17, 15) is 9.90 Å². The zero-order valence-corrected chi connectivity index (χ0v) is 10.8. The third-order valence-electron chi connectivity index (χ3n) is 2.92. The summed E-state index contributed by atoms with van der Waals surface area (Å²) in [7, 11) is 0. The molecule has 1 rings (SSSR count). The second-order valence-electron chi connectivity index (χ2n) is 4.60. The predicted octanol–water partition coefficient (Wildman–Crippen LogP) is 0.541. The molecule has 0 aromatic carbocycles. The van der Waals surface area contributed by atoms with E-state index < -0.39 is 6.10 Å². The molecule has 1 heterocycles. The van der Waals surface area contributed by atoms with Crippen LogP contribution in [0.2, 0.25) is 0 Å². The number of amides is 1. The minimum atomic E-state index is -0.439. The number of halogens is 1. The van der Waals surface area contributed by atoms with Crippen molar-refractivity contribution in [2.75, 3.05) is 19.6 Å². The molecule has 0 radical (unpaired) electrons. The SMILES string of the molecule is CC(C)C(O)CNC(=O)[C@@H]1CCCNC1.Cl. The molecule has 1 unspecified atom stereocenters. The van der Waals surface area contributed by atoms with Crippen molar-refractivity contribution in [3.63, 3.8) is 0 Å². The van der Waals surface area contributed by atoms with Crippen molar-refractivity contribution in [2.24, 2.45) is 11.8 Å². The highest BCUT2D eigenvalue weighted by Gasteiger charge is 2.21. The average molecular weight is 251 g/mol. The lowest BCUT2D eigenvalue weighted by Gasteiger charge is -2.23. The van der Waals surface area contributed by atoms with Gasteiger partial charge >= 0.3 is 0 Å². The molecule has 1 aliphatic rings. The number of aliphatic hydroxyl groups excluding tert-OH is 1. The largest absolute Gasteiger partial charge is 0.391 e. The Morgan fingerprint density at radius 2 is 2.25 bits per heavy atom. The molecule has 0 aliphatic carbocycles. The number of carbonyl (C=O) groups excluding carboxylic acids is 1. The van der Waals surface area contributed by atoms with Gasteiger partial charge in [0, 0.05) is 13.1 Å². The van der Waals surface area contributed by atoms with E-state index >= 15 is 0 Å². The molecule has 2 atom stereocenters. The molecule has 4 nitrogen and oxygen atoms in total. The van der Waals surface area contributed by atoms with Crippen molar-refractivity contribution in [3.05, 3.63) is 0 Å². The highest BCUT2D eigenvalue weighted by molar-refractivity contribution is 5.85. The topological polar surface area (TPSA) is 61.4 Å². The minimum absolute atomic E-state index is 0. The lowest BCUT2D eigenvalue weighted by molar-refractivity contribution is -0.126. The van der Waals surface area contributed by atoms with Crippen molar-refractivity contribution >= 4 is 18.3 Å². The molecular weight excluding hydrogens is 228 g/mol. The molecular formula is C11H23ClN2O2. The third-order valence-corrected chi connectivity index (χ3v) is 2.92. The number of rotatable bonds is 4. The average Bonchev–Trinajstić information content (AvgIpc) is 2.26. The highest BCUT2D eigenvalue weighted by atomic mass is 35.5. The molecule has 1 fully saturated rings. The van der Waals surface area contributed by atoms with Crippen LogP contribution < -0.4 is 10.6 Å². The summed E-state index contributed by atoms with van der Waals surface area (Å²) < 4.78 is 0. The van der Waals surface area contributed by atoms with E-state index in [2.05, 4.69) is 10.6 Å². The van der Waals surface area contributed by atoms with Gasteiger partial charge in [0.25, 0.3) is 0 Å². The monoisotopic (exact) mass is 250 g/mol. The summed E-state index contributed by atoms with van der Waals surface area (Å²) >= 11 is 0. The Hall–Kier alpha value is -0.320. The smallest absolute Gasteiger partial charge is 0.224 e. The highest BCUT2D eigenvalue weighted by Crippen LogP contribution is 2.09. The van der Waals surface area contributed by atoms with Gasteiger partial charge in [-0.15, -0.1) is 12.4 Å². The summed E-state index contributed by atoms with van der Waals surface area (Å²) in [5, 5.41) is 15.6. The van der Waals surface area contributed by atoms with Crippen molar-refractivity contribution in [3.8, 4) is 0 Å². The predicted molar refractivity (Wildman–Crippen MR) is 66.7 cm³/mol. The van der Waals surface area contributed by atoms with Gasteiger partial charge in [-0.05, 0) is 25.3 Å². The second-order valence-corrected chi connectivity index (χ2v) is 4.60. The molecule has 3 N–H and O–H groups in total. The second kappa shape index (κ2) is 7.87. The maximum atomic E-state index is 11.7. The Kier molecular flexibility index (Phi) is 7.72. The van der Waals surface area contributed by atoms with Crippen LogP contribution in [0, 0.1) is 11.8 Å². The maximum absolute atomic E-state index is 11.7. The quantitative estimate of drug-likeness (QED) is 0.683. The van der Waals surface area contributed by atoms with Crippen LogP contribution in [-0.4, -0.2) is 36.8 Å². The van der Waals surface area contributed by atoms with Crippen molar-refractivity contribution in [1.29, 1.82) is 0 Å². The van der Waals surface area contributed by atoms with E-state index in [0.717, 1.165) is 25.9 Å². The molecule has 5 heteroatoms. The van der Waals surface area contributed by atoms with Crippen LogP contribution in [0.25, 0.3) is 0 Å². The Balaban J connectivity index is 0.00000225. The maximum Gasteiger partial charge on any atom is 0.224 e. The van der Waals surface area contributed by atoms with E-state index in [0.29, 0.717) is 6.54 Å². The molecule has 0 bridgehead atoms. The fraction of sp³-hybridized carbons (Fsp3) is 0.909. The number of carbonyl (C=O) groups is 1. The molecule has 0 spiro atoms. The molecule has 96 valence electrons. The van der Waals surface area contributed by atoms with Gasteiger partial charge in [-0.1, -0.05) is 13.8 Å². The third kappa shape index (κ3) is 5.14. The molecule has 0 saturated carbocycles.